The van der Waals surface area contributed by atoms with Crippen LogP contribution in [-0.4, -0.2) is 12.0 Å². The monoisotopic (exact) mass is 205 g/mol. The van der Waals surface area contributed by atoms with E-state index in [1.165, 1.54) is 0 Å². The summed E-state index contributed by atoms with van der Waals surface area (Å²) < 4.78 is 5.84. The molecule has 0 unspecified atom stereocenters. The van der Waals surface area contributed by atoms with E-state index in [9.17, 15) is 4.79 Å². The summed E-state index contributed by atoms with van der Waals surface area (Å²) in [6, 6.07) is 7.89. The maximum atomic E-state index is 10.5. The highest BCUT2D eigenvalue weighted by Crippen LogP contribution is 2.38. The first-order valence-corrected chi connectivity index (χ1v) is 5.10. The zero-order valence-electron chi connectivity index (χ0n) is 8.99. The average Bonchev–Trinajstić information content (AvgIpc) is 2.16. The van der Waals surface area contributed by atoms with Crippen molar-refractivity contribution in [3.05, 3.63) is 29.8 Å². The van der Waals surface area contributed by atoms with Gasteiger partial charge in [0, 0.05) is 12.0 Å². The second-order valence-corrected chi connectivity index (χ2v) is 4.44. The smallest absolute Gasteiger partial charge is 0.207 e. The molecule has 0 bridgehead atoms. The van der Waals surface area contributed by atoms with Crippen LogP contribution in [0, 0.1) is 0 Å². The van der Waals surface area contributed by atoms with Gasteiger partial charge in [-0.3, -0.25) is 4.79 Å². The van der Waals surface area contributed by atoms with E-state index in [0.717, 1.165) is 24.1 Å². The molecule has 0 aliphatic carbocycles. The second kappa shape index (κ2) is 3.57. The molecule has 0 saturated carbocycles. The van der Waals surface area contributed by atoms with E-state index in [-0.39, 0.29) is 11.6 Å². The Bertz CT molecular complexity index is 374. The van der Waals surface area contributed by atoms with Crippen LogP contribution in [0.25, 0.3) is 0 Å². The molecule has 2 rings (SSSR count). The molecule has 0 fully saturated rings. The van der Waals surface area contributed by atoms with Gasteiger partial charge in [-0.25, -0.2) is 0 Å². The van der Waals surface area contributed by atoms with Crippen LogP contribution in [0.1, 0.15) is 31.9 Å². The SMILES string of the molecule is CC1(C)C[C@H](NC=O)c2ccccc2O1. The van der Waals surface area contributed by atoms with Crippen molar-refractivity contribution in [2.45, 2.75) is 31.9 Å². The first-order valence-electron chi connectivity index (χ1n) is 5.10. The fraction of sp³-hybridized carbons (Fsp3) is 0.417. The second-order valence-electron chi connectivity index (χ2n) is 4.44. The van der Waals surface area contributed by atoms with Crippen LogP contribution >= 0.6 is 0 Å². The number of nitrogens with one attached hydrogen (secondary N) is 1. The summed E-state index contributed by atoms with van der Waals surface area (Å²) in [6.45, 7) is 4.06. The normalized spacial score (nSPS) is 22.4. The highest BCUT2D eigenvalue weighted by Gasteiger charge is 2.33. The van der Waals surface area contributed by atoms with Crippen molar-refractivity contribution in [3.63, 3.8) is 0 Å². The number of carbonyl (C=O) groups excluding carboxylic acids is 1. The van der Waals surface area contributed by atoms with E-state index in [4.69, 9.17) is 4.74 Å². The maximum Gasteiger partial charge on any atom is 0.207 e. The first kappa shape index (κ1) is 10.0. The fourth-order valence-electron chi connectivity index (χ4n) is 2.03. The van der Waals surface area contributed by atoms with Crippen molar-refractivity contribution in [2.24, 2.45) is 0 Å². The minimum absolute atomic E-state index is 0.0578. The van der Waals surface area contributed by atoms with Crippen LogP contribution in [-0.2, 0) is 4.79 Å². The molecule has 0 saturated heterocycles. The predicted molar refractivity (Wildman–Crippen MR) is 57.7 cm³/mol. The van der Waals surface area contributed by atoms with Gasteiger partial charge >= 0.3 is 0 Å². The van der Waals surface area contributed by atoms with Crippen molar-refractivity contribution in [1.82, 2.24) is 5.32 Å². The number of carbonyl (C=O) groups is 1. The number of amides is 1. The van der Waals surface area contributed by atoms with E-state index in [0.29, 0.717) is 0 Å². The zero-order chi connectivity index (χ0) is 10.9. The number of hydrogen-bond donors (Lipinski definition) is 1. The van der Waals surface area contributed by atoms with Gasteiger partial charge in [-0.15, -0.1) is 0 Å². The molecule has 0 radical (unpaired) electrons. The summed E-state index contributed by atoms with van der Waals surface area (Å²) in [5, 5.41) is 2.84. The molecule has 0 aromatic heterocycles. The van der Waals surface area contributed by atoms with Gasteiger partial charge in [-0.2, -0.15) is 0 Å². The lowest BCUT2D eigenvalue weighted by Crippen LogP contribution is -2.39. The minimum Gasteiger partial charge on any atom is -0.487 e. The lowest BCUT2D eigenvalue weighted by Gasteiger charge is -2.37. The molecule has 0 spiro atoms. The summed E-state index contributed by atoms with van der Waals surface area (Å²) in [5.41, 5.74) is 0.832. The number of fused-ring (bicyclic) bond motifs is 1. The summed E-state index contributed by atoms with van der Waals surface area (Å²) in [7, 11) is 0. The topological polar surface area (TPSA) is 38.3 Å². The Morgan fingerprint density at radius 3 is 2.93 bits per heavy atom. The van der Waals surface area contributed by atoms with Crippen LogP contribution in [0.4, 0.5) is 0 Å². The van der Waals surface area contributed by atoms with Gasteiger partial charge in [0.15, 0.2) is 0 Å². The largest absolute Gasteiger partial charge is 0.487 e. The Kier molecular flexibility index (Phi) is 2.39. The lowest BCUT2D eigenvalue weighted by molar-refractivity contribution is -0.110. The zero-order valence-corrected chi connectivity index (χ0v) is 8.99. The minimum atomic E-state index is -0.227. The standard InChI is InChI=1S/C12H15NO2/c1-12(2)7-10(13-8-14)9-5-3-4-6-11(9)15-12/h3-6,8,10H,7H2,1-2H3,(H,13,14)/t10-/m0/s1. The summed E-state index contributed by atoms with van der Waals surface area (Å²) in [5.74, 6) is 0.869. The Morgan fingerprint density at radius 2 is 2.20 bits per heavy atom. The molecule has 1 atom stereocenters. The number of ether oxygens (including phenoxy) is 1. The van der Waals surface area contributed by atoms with Gasteiger partial charge in [0.25, 0.3) is 0 Å². The Hall–Kier alpha value is -1.51. The van der Waals surface area contributed by atoms with Crippen molar-refractivity contribution in [3.8, 4) is 5.75 Å². The first-order chi connectivity index (χ1) is 7.12. The molecule has 1 heterocycles. The van der Waals surface area contributed by atoms with Gasteiger partial charge in [0.1, 0.15) is 11.4 Å². The maximum absolute atomic E-state index is 10.5. The summed E-state index contributed by atoms with van der Waals surface area (Å²) in [6.07, 6.45) is 1.55. The molecule has 80 valence electrons. The van der Waals surface area contributed by atoms with E-state index < -0.39 is 0 Å². The van der Waals surface area contributed by atoms with Crippen molar-refractivity contribution >= 4 is 6.41 Å². The summed E-state index contributed by atoms with van der Waals surface area (Å²) >= 11 is 0. The predicted octanol–water partition coefficient (Wildman–Crippen LogP) is 2.03. The third kappa shape index (κ3) is 1.96. The van der Waals surface area contributed by atoms with Crippen molar-refractivity contribution in [1.29, 1.82) is 0 Å². The number of hydrogen-bond acceptors (Lipinski definition) is 2. The number of para-hydroxylation sites is 1. The highest BCUT2D eigenvalue weighted by molar-refractivity contribution is 5.50. The Balaban J connectivity index is 2.38. The van der Waals surface area contributed by atoms with E-state index in [1.54, 1.807) is 0 Å². The van der Waals surface area contributed by atoms with Crippen LogP contribution < -0.4 is 10.1 Å². The molecule has 1 amide bonds. The van der Waals surface area contributed by atoms with E-state index >= 15 is 0 Å². The molecule has 3 heteroatoms. The summed E-state index contributed by atoms with van der Waals surface area (Å²) in [4.78, 5) is 10.5. The lowest BCUT2D eigenvalue weighted by atomic mass is 9.90. The molecule has 3 nitrogen and oxygen atoms in total. The Morgan fingerprint density at radius 1 is 1.47 bits per heavy atom. The highest BCUT2D eigenvalue weighted by atomic mass is 16.5. The molecule has 1 N–H and O–H groups in total. The fourth-order valence-corrected chi connectivity index (χ4v) is 2.03. The Labute approximate surface area is 89.4 Å². The van der Waals surface area contributed by atoms with Gasteiger partial charge < -0.3 is 10.1 Å². The molecule has 15 heavy (non-hydrogen) atoms. The van der Waals surface area contributed by atoms with E-state index in [1.807, 2.05) is 38.1 Å². The van der Waals surface area contributed by atoms with Crippen LogP contribution in [0.15, 0.2) is 24.3 Å². The van der Waals surface area contributed by atoms with Gasteiger partial charge in [0.05, 0.1) is 6.04 Å². The number of benzene rings is 1. The van der Waals surface area contributed by atoms with Crippen LogP contribution in [0.3, 0.4) is 0 Å². The molecule has 1 aliphatic heterocycles. The van der Waals surface area contributed by atoms with E-state index in [2.05, 4.69) is 5.32 Å². The van der Waals surface area contributed by atoms with Gasteiger partial charge in [0.2, 0.25) is 6.41 Å². The molecule has 1 aromatic rings. The molecule has 1 aromatic carbocycles. The third-order valence-corrected chi connectivity index (χ3v) is 2.65. The van der Waals surface area contributed by atoms with Crippen molar-refractivity contribution in [2.75, 3.05) is 0 Å². The molecule has 1 aliphatic rings. The average molecular weight is 205 g/mol. The quantitative estimate of drug-likeness (QED) is 0.750. The van der Waals surface area contributed by atoms with Crippen molar-refractivity contribution < 1.29 is 9.53 Å². The molecular weight excluding hydrogens is 190 g/mol. The van der Waals surface area contributed by atoms with Gasteiger partial charge in [-0.1, -0.05) is 18.2 Å². The van der Waals surface area contributed by atoms with Crippen LogP contribution in [0.2, 0.25) is 0 Å². The molecular formula is C12H15NO2. The third-order valence-electron chi connectivity index (χ3n) is 2.65. The number of rotatable bonds is 2. The van der Waals surface area contributed by atoms with Crippen LogP contribution in [0.5, 0.6) is 5.75 Å². The van der Waals surface area contributed by atoms with Gasteiger partial charge in [-0.05, 0) is 19.9 Å².